The van der Waals surface area contributed by atoms with Crippen LogP contribution in [0.5, 0.6) is 0 Å². The van der Waals surface area contributed by atoms with Gasteiger partial charge in [-0.3, -0.25) is 0 Å². The van der Waals surface area contributed by atoms with E-state index >= 15 is 0 Å². The molecule has 2 aliphatic carbocycles. The van der Waals surface area contributed by atoms with Crippen molar-refractivity contribution in [2.24, 2.45) is 23.5 Å². The smallest absolute Gasteiger partial charge is 0.00725 e. The fourth-order valence-electron chi connectivity index (χ4n) is 2.58. The first-order chi connectivity index (χ1) is 6.27. The van der Waals surface area contributed by atoms with Crippen molar-refractivity contribution in [3.63, 3.8) is 0 Å². The molecule has 13 heavy (non-hydrogen) atoms. The van der Waals surface area contributed by atoms with Crippen LogP contribution in [0.1, 0.15) is 39.0 Å². The Morgan fingerprint density at radius 3 is 2.77 bits per heavy atom. The van der Waals surface area contributed by atoms with E-state index in [4.69, 9.17) is 5.73 Å². The highest BCUT2D eigenvalue weighted by atomic mass is 14.7. The quantitative estimate of drug-likeness (QED) is 0.662. The molecule has 0 spiro atoms. The molecule has 0 aromatic carbocycles. The summed E-state index contributed by atoms with van der Waals surface area (Å²) in [6.07, 6.45) is 11.2. The second kappa shape index (κ2) is 3.83. The van der Waals surface area contributed by atoms with Gasteiger partial charge >= 0.3 is 0 Å². The third-order valence-electron chi connectivity index (χ3n) is 3.70. The van der Waals surface area contributed by atoms with Crippen LogP contribution in [0.15, 0.2) is 12.2 Å². The Kier molecular flexibility index (Phi) is 2.73. The van der Waals surface area contributed by atoms with Gasteiger partial charge < -0.3 is 5.73 Å². The molecule has 0 radical (unpaired) electrons. The zero-order chi connectivity index (χ0) is 9.26. The fourth-order valence-corrected chi connectivity index (χ4v) is 2.58. The van der Waals surface area contributed by atoms with Crippen LogP contribution in [0.2, 0.25) is 0 Å². The molecular weight excluding hydrogens is 158 g/mol. The van der Waals surface area contributed by atoms with Crippen molar-refractivity contribution >= 4 is 0 Å². The van der Waals surface area contributed by atoms with Crippen LogP contribution in [-0.2, 0) is 0 Å². The van der Waals surface area contributed by atoms with Crippen LogP contribution in [0.3, 0.4) is 0 Å². The van der Waals surface area contributed by atoms with Crippen molar-refractivity contribution in [3.05, 3.63) is 12.2 Å². The topological polar surface area (TPSA) is 26.0 Å². The molecule has 0 aromatic heterocycles. The lowest BCUT2D eigenvalue weighted by molar-refractivity contribution is 0.376. The third kappa shape index (κ3) is 2.34. The van der Waals surface area contributed by atoms with E-state index in [2.05, 4.69) is 19.1 Å². The predicted octanol–water partition coefficient (Wildman–Crippen LogP) is 2.72. The van der Waals surface area contributed by atoms with Crippen molar-refractivity contribution in [1.29, 1.82) is 0 Å². The first kappa shape index (κ1) is 9.26. The highest BCUT2D eigenvalue weighted by Crippen LogP contribution is 2.42. The molecule has 2 aliphatic rings. The van der Waals surface area contributed by atoms with Gasteiger partial charge in [0.25, 0.3) is 0 Å². The molecule has 0 aromatic rings. The van der Waals surface area contributed by atoms with E-state index in [-0.39, 0.29) is 0 Å². The van der Waals surface area contributed by atoms with Gasteiger partial charge in [-0.1, -0.05) is 19.1 Å². The maximum absolute atomic E-state index is 6.18. The summed E-state index contributed by atoms with van der Waals surface area (Å²) in [7, 11) is 0. The van der Waals surface area contributed by atoms with Crippen LogP contribution in [0, 0.1) is 17.8 Å². The molecule has 0 aliphatic heterocycles. The van der Waals surface area contributed by atoms with E-state index in [1.54, 1.807) is 0 Å². The lowest BCUT2D eigenvalue weighted by Gasteiger charge is -2.21. The number of hydrogen-bond donors (Lipinski definition) is 1. The van der Waals surface area contributed by atoms with E-state index < -0.39 is 0 Å². The number of nitrogens with two attached hydrogens (primary N) is 1. The van der Waals surface area contributed by atoms with Gasteiger partial charge in [0.2, 0.25) is 0 Å². The molecule has 1 heteroatoms. The van der Waals surface area contributed by atoms with Gasteiger partial charge in [-0.25, -0.2) is 0 Å². The SMILES string of the molecule is CC1CC1C(N)CC1CC=CCC1. The van der Waals surface area contributed by atoms with Crippen LogP contribution in [0.25, 0.3) is 0 Å². The maximum atomic E-state index is 6.18. The Bertz CT molecular complexity index is 197. The molecule has 2 rings (SSSR count). The van der Waals surface area contributed by atoms with Gasteiger partial charge in [-0.05, 0) is 49.9 Å². The van der Waals surface area contributed by atoms with E-state index in [1.807, 2.05) is 0 Å². The maximum Gasteiger partial charge on any atom is 0.00725 e. The van der Waals surface area contributed by atoms with Crippen LogP contribution in [-0.4, -0.2) is 6.04 Å². The summed E-state index contributed by atoms with van der Waals surface area (Å²) >= 11 is 0. The summed E-state index contributed by atoms with van der Waals surface area (Å²) in [5, 5.41) is 0. The lowest BCUT2D eigenvalue weighted by Crippen LogP contribution is -2.26. The fraction of sp³-hybridized carbons (Fsp3) is 0.833. The van der Waals surface area contributed by atoms with Gasteiger partial charge in [0.15, 0.2) is 0 Å². The van der Waals surface area contributed by atoms with Crippen LogP contribution in [0.4, 0.5) is 0 Å². The molecule has 0 saturated heterocycles. The monoisotopic (exact) mass is 179 g/mol. The molecule has 0 heterocycles. The summed E-state index contributed by atoms with van der Waals surface area (Å²) in [6.45, 7) is 2.32. The summed E-state index contributed by atoms with van der Waals surface area (Å²) in [4.78, 5) is 0. The van der Waals surface area contributed by atoms with Crippen LogP contribution < -0.4 is 5.73 Å². The van der Waals surface area contributed by atoms with E-state index in [0.717, 1.165) is 17.8 Å². The minimum atomic E-state index is 0.492. The Morgan fingerprint density at radius 1 is 1.46 bits per heavy atom. The van der Waals surface area contributed by atoms with Gasteiger partial charge in [0, 0.05) is 6.04 Å². The first-order valence-corrected chi connectivity index (χ1v) is 5.68. The van der Waals surface area contributed by atoms with Gasteiger partial charge in [-0.2, -0.15) is 0 Å². The molecule has 74 valence electrons. The third-order valence-corrected chi connectivity index (χ3v) is 3.70. The molecule has 1 saturated carbocycles. The molecule has 0 bridgehead atoms. The molecule has 1 fully saturated rings. The highest BCUT2D eigenvalue weighted by molar-refractivity contribution is 4.95. The summed E-state index contributed by atoms with van der Waals surface area (Å²) in [5.74, 6) is 2.65. The average molecular weight is 179 g/mol. The number of hydrogen-bond acceptors (Lipinski definition) is 1. The number of rotatable bonds is 3. The molecule has 0 amide bonds. The molecular formula is C12H21N. The molecule has 4 atom stereocenters. The molecule has 4 unspecified atom stereocenters. The molecule has 1 nitrogen and oxygen atoms in total. The zero-order valence-corrected chi connectivity index (χ0v) is 8.58. The Labute approximate surface area is 81.4 Å². The lowest BCUT2D eigenvalue weighted by atomic mass is 9.87. The van der Waals surface area contributed by atoms with Gasteiger partial charge in [-0.15, -0.1) is 0 Å². The molecule has 2 N–H and O–H groups in total. The van der Waals surface area contributed by atoms with Crippen molar-refractivity contribution in [1.82, 2.24) is 0 Å². The second-order valence-electron chi connectivity index (χ2n) is 4.93. The minimum absolute atomic E-state index is 0.492. The normalized spacial score (nSPS) is 40.3. The number of allylic oxidation sites excluding steroid dienone is 2. The Hall–Kier alpha value is -0.300. The average Bonchev–Trinajstić information content (AvgIpc) is 2.84. The zero-order valence-electron chi connectivity index (χ0n) is 8.58. The van der Waals surface area contributed by atoms with Crippen molar-refractivity contribution < 1.29 is 0 Å². The second-order valence-corrected chi connectivity index (χ2v) is 4.93. The van der Waals surface area contributed by atoms with Gasteiger partial charge in [0.1, 0.15) is 0 Å². The highest BCUT2D eigenvalue weighted by Gasteiger charge is 2.38. The van der Waals surface area contributed by atoms with E-state index in [1.165, 1.54) is 32.1 Å². The first-order valence-electron chi connectivity index (χ1n) is 5.68. The standard InChI is InChI=1S/C12H21N/c1-9-7-11(9)12(13)8-10-5-3-2-4-6-10/h2-3,9-12H,4-8,13H2,1H3. The summed E-state index contributed by atoms with van der Waals surface area (Å²) in [6, 6.07) is 0.492. The predicted molar refractivity (Wildman–Crippen MR) is 56.3 cm³/mol. The van der Waals surface area contributed by atoms with Gasteiger partial charge in [0.05, 0.1) is 0 Å². The summed E-state index contributed by atoms with van der Waals surface area (Å²) < 4.78 is 0. The Morgan fingerprint density at radius 2 is 2.23 bits per heavy atom. The summed E-state index contributed by atoms with van der Waals surface area (Å²) in [5.41, 5.74) is 6.18. The van der Waals surface area contributed by atoms with Crippen molar-refractivity contribution in [2.75, 3.05) is 0 Å². The minimum Gasteiger partial charge on any atom is -0.327 e. The Balaban J connectivity index is 1.74. The van der Waals surface area contributed by atoms with E-state index in [0.29, 0.717) is 6.04 Å². The van der Waals surface area contributed by atoms with Crippen LogP contribution >= 0.6 is 0 Å². The van der Waals surface area contributed by atoms with Crippen molar-refractivity contribution in [2.45, 2.75) is 45.1 Å². The van der Waals surface area contributed by atoms with Crippen molar-refractivity contribution in [3.8, 4) is 0 Å². The van der Waals surface area contributed by atoms with E-state index in [9.17, 15) is 0 Å². The largest absolute Gasteiger partial charge is 0.327 e.